The minimum Gasteiger partial charge on any atom is -0.493 e. The van der Waals surface area contributed by atoms with Gasteiger partial charge in [0.2, 0.25) is 0 Å². The van der Waals surface area contributed by atoms with Gasteiger partial charge in [-0.1, -0.05) is 18.2 Å². The second-order valence-electron chi connectivity index (χ2n) is 10.4. The Labute approximate surface area is 203 Å². The first-order valence-electron chi connectivity index (χ1n) is 13.0. The highest BCUT2D eigenvalue weighted by Crippen LogP contribution is 2.30. The van der Waals surface area contributed by atoms with E-state index in [1.54, 1.807) is 0 Å². The third kappa shape index (κ3) is 6.00. The molecule has 2 aromatic rings. The number of ether oxygens (including phenoxy) is 2. The molecule has 5 heteroatoms. The summed E-state index contributed by atoms with van der Waals surface area (Å²) >= 11 is 0. The number of nitrogens with one attached hydrogen (secondary N) is 1. The van der Waals surface area contributed by atoms with Gasteiger partial charge in [0.15, 0.2) is 0 Å². The van der Waals surface area contributed by atoms with Gasteiger partial charge in [-0.25, -0.2) is 0 Å². The number of fused-ring (bicyclic) bond motifs is 1. The maximum Gasteiger partial charge on any atom is 0.253 e. The smallest absolute Gasteiger partial charge is 0.253 e. The van der Waals surface area contributed by atoms with Crippen LogP contribution in [-0.4, -0.2) is 50.3 Å². The fourth-order valence-corrected chi connectivity index (χ4v) is 5.16. The average molecular weight is 463 g/mol. The summed E-state index contributed by atoms with van der Waals surface area (Å²) in [6, 6.07) is 14.8. The number of hydrogen-bond donors (Lipinski definition) is 1. The first kappa shape index (κ1) is 23.4. The standard InChI is InChI=1S/C29H38N2O3/c1-31(29(32)24-7-10-28(11-8-24)34-20-22-2-3-22)27-9-6-25-16-23(4-5-26(25)17-27)19-30-18-21-12-14-33-15-13-21/h4-5,7-8,10-11,16,21-22,27,30H,2-3,6,9,12-15,17-20H2,1H3/t27-/m0/s1. The number of hydrogen-bond acceptors (Lipinski definition) is 4. The summed E-state index contributed by atoms with van der Waals surface area (Å²) in [6.07, 6.45) is 7.86. The van der Waals surface area contributed by atoms with Gasteiger partial charge in [-0.2, -0.15) is 0 Å². The van der Waals surface area contributed by atoms with E-state index < -0.39 is 0 Å². The van der Waals surface area contributed by atoms with Crippen molar-refractivity contribution in [1.29, 1.82) is 0 Å². The van der Waals surface area contributed by atoms with E-state index in [4.69, 9.17) is 9.47 Å². The van der Waals surface area contributed by atoms with Crippen LogP contribution in [0.5, 0.6) is 5.75 Å². The molecule has 1 amide bonds. The quantitative estimate of drug-likeness (QED) is 0.591. The molecule has 0 bridgehead atoms. The summed E-state index contributed by atoms with van der Waals surface area (Å²) in [5.41, 5.74) is 4.92. The predicted molar refractivity (Wildman–Crippen MR) is 134 cm³/mol. The van der Waals surface area contributed by atoms with Crippen molar-refractivity contribution < 1.29 is 14.3 Å². The van der Waals surface area contributed by atoms with Crippen LogP contribution >= 0.6 is 0 Å². The highest BCUT2D eigenvalue weighted by atomic mass is 16.5. The van der Waals surface area contributed by atoms with E-state index in [0.717, 1.165) is 75.3 Å². The summed E-state index contributed by atoms with van der Waals surface area (Å²) in [6.45, 7) is 4.60. The van der Waals surface area contributed by atoms with E-state index in [1.165, 1.54) is 42.4 Å². The molecule has 5 nitrogen and oxygen atoms in total. The lowest BCUT2D eigenvalue weighted by atomic mass is 9.86. The number of carbonyl (C=O) groups excluding carboxylic acids is 1. The number of nitrogens with zero attached hydrogens (tertiary/aromatic N) is 1. The van der Waals surface area contributed by atoms with Gasteiger partial charge in [0.25, 0.3) is 5.91 Å². The van der Waals surface area contributed by atoms with E-state index in [0.29, 0.717) is 0 Å². The van der Waals surface area contributed by atoms with Gasteiger partial charge in [-0.3, -0.25) is 4.79 Å². The second kappa shape index (κ2) is 10.9. The molecular formula is C29H38N2O3. The van der Waals surface area contributed by atoms with Gasteiger partial charge in [0, 0.05) is 38.4 Å². The second-order valence-corrected chi connectivity index (χ2v) is 10.4. The number of likely N-dealkylation sites (N-methyl/N-ethyl adjacent to an activating group) is 1. The molecule has 2 aliphatic carbocycles. The Balaban J connectivity index is 1.12. The van der Waals surface area contributed by atoms with E-state index in [1.807, 2.05) is 36.2 Å². The zero-order valence-electron chi connectivity index (χ0n) is 20.4. The molecule has 0 aromatic heterocycles. The van der Waals surface area contributed by atoms with E-state index in [2.05, 4.69) is 23.5 Å². The molecule has 182 valence electrons. The Bertz CT molecular complexity index is 964. The van der Waals surface area contributed by atoms with Gasteiger partial charge in [-0.05, 0) is 104 Å². The molecule has 0 unspecified atom stereocenters. The van der Waals surface area contributed by atoms with Crippen LogP contribution < -0.4 is 10.1 Å². The zero-order chi connectivity index (χ0) is 23.3. The molecule has 1 saturated heterocycles. The van der Waals surface area contributed by atoms with Crippen molar-refractivity contribution in [2.45, 2.75) is 57.5 Å². The molecule has 2 aromatic carbocycles. The van der Waals surface area contributed by atoms with Crippen molar-refractivity contribution in [3.63, 3.8) is 0 Å². The van der Waals surface area contributed by atoms with Crippen LogP contribution in [0.4, 0.5) is 0 Å². The van der Waals surface area contributed by atoms with Crippen LogP contribution in [0.3, 0.4) is 0 Å². The van der Waals surface area contributed by atoms with Crippen molar-refractivity contribution in [2.24, 2.45) is 11.8 Å². The fraction of sp³-hybridized carbons (Fsp3) is 0.552. The van der Waals surface area contributed by atoms with E-state index in [-0.39, 0.29) is 11.9 Å². The molecule has 3 aliphatic rings. The number of carbonyl (C=O) groups is 1. The van der Waals surface area contributed by atoms with Crippen LogP contribution in [0.25, 0.3) is 0 Å². The number of rotatable bonds is 9. The summed E-state index contributed by atoms with van der Waals surface area (Å²) in [5, 5.41) is 3.64. The first-order chi connectivity index (χ1) is 16.7. The molecule has 1 N–H and O–H groups in total. The average Bonchev–Trinajstić information content (AvgIpc) is 3.72. The van der Waals surface area contributed by atoms with Crippen molar-refractivity contribution in [3.05, 3.63) is 64.7 Å². The van der Waals surface area contributed by atoms with Gasteiger partial charge >= 0.3 is 0 Å². The highest BCUT2D eigenvalue weighted by molar-refractivity contribution is 5.94. The lowest BCUT2D eigenvalue weighted by Gasteiger charge is -2.33. The van der Waals surface area contributed by atoms with Crippen molar-refractivity contribution >= 4 is 5.91 Å². The van der Waals surface area contributed by atoms with Crippen molar-refractivity contribution in [1.82, 2.24) is 10.2 Å². The highest BCUT2D eigenvalue weighted by Gasteiger charge is 2.26. The molecule has 1 aliphatic heterocycles. The number of amides is 1. The Morgan fingerprint density at radius 3 is 2.56 bits per heavy atom. The molecular weight excluding hydrogens is 424 g/mol. The SMILES string of the molecule is CN(C(=O)c1ccc(OCC2CC2)cc1)[C@H]1CCc2cc(CNCC3CCOCC3)ccc2C1. The Kier molecular flexibility index (Phi) is 7.51. The molecule has 0 spiro atoms. The maximum atomic E-state index is 13.1. The summed E-state index contributed by atoms with van der Waals surface area (Å²) in [4.78, 5) is 15.1. The molecule has 1 heterocycles. The fourth-order valence-electron chi connectivity index (χ4n) is 5.16. The van der Waals surface area contributed by atoms with Crippen LogP contribution in [0.1, 0.15) is 59.2 Å². The Morgan fingerprint density at radius 1 is 1.00 bits per heavy atom. The third-order valence-electron chi connectivity index (χ3n) is 7.73. The van der Waals surface area contributed by atoms with Crippen LogP contribution in [0.15, 0.2) is 42.5 Å². The van der Waals surface area contributed by atoms with Crippen molar-refractivity contribution in [2.75, 3.05) is 33.4 Å². The number of benzene rings is 2. The molecule has 34 heavy (non-hydrogen) atoms. The van der Waals surface area contributed by atoms with Crippen LogP contribution in [0, 0.1) is 11.8 Å². The maximum absolute atomic E-state index is 13.1. The number of aryl methyl sites for hydroxylation is 1. The summed E-state index contributed by atoms with van der Waals surface area (Å²) < 4.78 is 11.3. The summed E-state index contributed by atoms with van der Waals surface area (Å²) in [7, 11) is 1.95. The Morgan fingerprint density at radius 2 is 1.79 bits per heavy atom. The van der Waals surface area contributed by atoms with Gasteiger partial charge in [0.05, 0.1) is 6.61 Å². The molecule has 2 fully saturated rings. The van der Waals surface area contributed by atoms with Gasteiger partial charge < -0.3 is 19.7 Å². The molecule has 5 rings (SSSR count). The minimum atomic E-state index is 0.0936. The van der Waals surface area contributed by atoms with Gasteiger partial charge in [-0.15, -0.1) is 0 Å². The Hall–Kier alpha value is -2.37. The van der Waals surface area contributed by atoms with E-state index >= 15 is 0 Å². The molecule has 1 atom stereocenters. The van der Waals surface area contributed by atoms with Crippen LogP contribution in [0.2, 0.25) is 0 Å². The van der Waals surface area contributed by atoms with Crippen LogP contribution in [-0.2, 0) is 24.1 Å². The van der Waals surface area contributed by atoms with Gasteiger partial charge in [0.1, 0.15) is 5.75 Å². The lowest BCUT2D eigenvalue weighted by molar-refractivity contribution is 0.0662. The first-order valence-corrected chi connectivity index (χ1v) is 13.0. The third-order valence-corrected chi connectivity index (χ3v) is 7.73. The largest absolute Gasteiger partial charge is 0.493 e. The molecule has 0 radical (unpaired) electrons. The topological polar surface area (TPSA) is 50.8 Å². The zero-order valence-corrected chi connectivity index (χ0v) is 20.4. The monoisotopic (exact) mass is 462 g/mol. The normalized spacial score (nSPS) is 20.6. The van der Waals surface area contributed by atoms with Crippen molar-refractivity contribution in [3.8, 4) is 5.75 Å². The minimum absolute atomic E-state index is 0.0936. The summed E-state index contributed by atoms with van der Waals surface area (Å²) in [5.74, 6) is 2.42. The predicted octanol–water partition coefficient (Wildman–Crippen LogP) is 4.62. The van der Waals surface area contributed by atoms with E-state index in [9.17, 15) is 4.79 Å². The molecule has 1 saturated carbocycles. The lowest BCUT2D eigenvalue weighted by Crippen LogP contribution is -2.40.